The van der Waals surface area contributed by atoms with E-state index in [1.807, 2.05) is 33.7 Å². The Kier molecular flexibility index (Phi) is 5.35. The second-order valence-corrected chi connectivity index (χ2v) is 9.61. The third-order valence-corrected chi connectivity index (χ3v) is 7.51. The zero-order chi connectivity index (χ0) is 23.2. The van der Waals surface area contributed by atoms with Gasteiger partial charge in [-0.15, -0.1) is 0 Å². The molecule has 2 N–H and O–H groups in total. The maximum Gasteiger partial charge on any atom is 0.323 e. The number of nitrogens with one attached hydrogen (secondary N) is 1. The number of amides is 2. The molecule has 172 valence electrons. The number of rotatable bonds is 5. The van der Waals surface area contributed by atoms with Crippen LogP contribution in [0.15, 0.2) is 24.3 Å². The van der Waals surface area contributed by atoms with Crippen LogP contribution in [-0.4, -0.2) is 44.4 Å². The van der Waals surface area contributed by atoms with Gasteiger partial charge in [0.1, 0.15) is 12.1 Å². The van der Waals surface area contributed by atoms with Crippen LogP contribution in [0.2, 0.25) is 0 Å². The number of nitrogens with zero attached hydrogens (tertiary/aromatic N) is 3. The van der Waals surface area contributed by atoms with E-state index in [1.165, 1.54) is 0 Å². The van der Waals surface area contributed by atoms with Gasteiger partial charge in [0.15, 0.2) is 0 Å². The van der Waals surface area contributed by atoms with Crippen LogP contribution in [0, 0.1) is 23.2 Å². The summed E-state index contributed by atoms with van der Waals surface area (Å²) in [4.78, 5) is 39.9. The van der Waals surface area contributed by atoms with E-state index in [-0.39, 0.29) is 24.3 Å². The topological polar surface area (TPSA) is 115 Å². The third-order valence-electron chi connectivity index (χ3n) is 7.51. The van der Waals surface area contributed by atoms with Crippen LogP contribution in [0.3, 0.4) is 0 Å². The quantitative estimate of drug-likeness (QED) is 0.730. The lowest BCUT2D eigenvalue weighted by Gasteiger charge is -2.36. The van der Waals surface area contributed by atoms with Crippen molar-refractivity contribution in [3.8, 4) is 6.07 Å². The molecule has 2 atom stereocenters. The highest BCUT2D eigenvalue weighted by Gasteiger charge is 2.47. The Bertz CT molecular complexity index is 1170. The molecule has 1 aromatic carbocycles. The molecular weight excluding hydrogens is 420 g/mol. The number of benzene rings is 1. The summed E-state index contributed by atoms with van der Waals surface area (Å²) in [5, 5.41) is 22.6. The van der Waals surface area contributed by atoms with Gasteiger partial charge in [-0.2, -0.15) is 5.26 Å². The number of aromatic nitrogens is 1. The number of carboxylic acid groups (broad SMARTS) is 1. The first-order valence-electron chi connectivity index (χ1n) is 11.8. The summed E-state index contributed by atoms with van der Waals surface area (Å²) in [6.07, 6.45) is 5.12. The molecule has 2 heterocycles. The van der Waals surface area contributed by atoms with Gasteiger partial charge >= 0.3 is 5.97 Å². The van der Waals surface area contributed by atoms with Crippen LogP contribution in [0.1, 0.15) is 49.8 Å². The Morgan fingerprint density at radius 2 is 1.88 bits per heavy atom. The first-order chi connectivity index (χ1) is 15.9. The number of fused-ring (bicyclic) bond motifs is 3. The van der Waals surface area contributed by atoms with E-state index in [4.69, 9.17) is 0 Å². The van der Waals surface area contributed by atoms with Crippen molar-refractivity contribution in [1.82, 2.24) is 14.8 Å². The van der Waals surface area contributed by atoms with Gasteiger partial charge in [0.25, 0.3) is 0 Å². The molecule has 33 heavy (non-hydrogen) atoms. The largest absolute Gasteiger partial charge is 0.480 e. The standard InChI is InChI=1S/C25H28N4O4/c26-15-25(10-11-25)27-23(32)17-6-1-2-7-18(17)24(33)28-12-9-21-19(13-28)16-5-3-4-8-20(16)29(21)14-22(30)31/h3-5,8,17-18H,1-2,6-7,9-14H2,(H,27,32)(H,30,31)/t17-,18-/m1/s1. The minimum Gasteiger partial charge on any atom is -0.480 e. The van der Waals surface area contributed by atoms with E-state index in [2.05, 4.69) is 11.4 Å². The van der Waals surface area contributed by atoms with E-state index in [0.717, 1.165) is 35.0 Å². The molecule has 2 aromatic rings. The van der Waals surface area contributed by atoms with Crippen LogP contribution < -0.4 is 5.32 Å². The van der Waals surface area contributed by atoms with Crippen molar-refractivity contribution in [3.63, 3.8) is 0 Å². The molecule has 0 spiro atoms. The lowest BCUT2D eigenvalue weighted by atomic mass is 9.77. The molecule has 0 radical (unpaired) electrons. The summed E-state index contributed by atoms with van der Waals surface area (Å²) < 4.78 is 1.85. The normalized spacial score (nSPS) is 23.4. The number of aliphatic carboxylic acids is 1. The second kappa shape index (κ2) is 8.22. The van der Waals surface area contributed by atoms with E-state index in [0.29, 0.717) is 45.2 Å². The Labute approximate surface area is 192 Å². The van der Waals surface area contributed by atoms with E-state index >= 15 is 0 Å². The Hall–Kier alpha value is -3.34. The van der Waals surface area contributed by atoms with Crippen LogP contribution in [0.4, 0.5) is 0 Å². The van der Waals surface area contributed by atoms with Gasteiger partial charge in [-0.25, -0.2) is 0 Å². The van der Waals surface area contributed by atoms with Crippen LogP contribution >= 0.6 is 0 Å². The number of nitriles is 1. The van der Waals surface area contributed by atoms with Gasteiger partial charge < -0.3 is 19.9 Å². The number of carboxylic acids is 1. The summed E-state index contributed by atoms with van der Waals surface area (Å²) in [7, 11) is 0. The van der Waals surface area contributed by atoms with Crippen molar-refractivity contribution in [2.45, 2.75) is 63.6 Å². The number of hydrogen-bond donors (Lipinski definition) is 2. The molecule has 2 aliphatic carbocycles. The lowest BCUT2D eigenvalue weighted by Crippen LogP contribution is -2.48. The van der Waals surface area contributed by atoms with Gasteiger partial charge in [-0.1, -0.05) is 31.0 Å². The fourth-order valence-corrected chi connectivity index (χ4v) is 5.60. The minimum atomic E-state index is -0.890. The highest BCUT2D eigenvalue weighted by Crippen LogP contribution is 2.38. The van der Waals surface area contributed by atoms with Gasteiger partial charge in [-0.05, 0) is 31.7 Å². The molecule has 2 fully saturated rings. The summed E-state index contributed by atoms with van der Waals surface area (Å²) in [5.74, 6) is -1.83. The fourth-order valence-electron chi connectivity index (χ4n) is 5.60. The first kappa shape index (κ1) is 21.5. The SMILES string of the molecule is N#CC1(NC(=O)[C@@H]2CCCC[C@H]2C(=O)N2CCc3c(c4ccccc4n3CC(=O)O)C2)CC1. The van der Waals surface area contributed by atoms with E-state index in [1.54, 1.807) is 0 Å². The van der Waals surface area contributed by atoms with Crippen molar-refractivity contribution in [2.24, 2.45) is 11.8 Å². The minimum absolute atomic E-state index is 0.00243. The number of carbonyl (C=O) groups is 3. The average Bonchev–Trinajstić information content (AvgIpc) is 3.55. The Morgan fingerprint density at radius 1 is 1.15 bits per heavy atom. The summed E-state index contributed by atoms with van der Waals surface area (Å²) in [6.45, 7) is 0.832. The molecule has 2 saturated carbocycles. The predicted octanol–water partition coefficient (Wildman–Crippen LogP) is 2.59. The molecule has 0 saturated heterocycles. The molecule has 0 unspecified atom stereocenters. The molecule has 1 aromatic heterocycles. The third kappa shape index (κ3) is 3.86. The molecule has 0 bridgehead atoms. The van der Waals surface area contributed by atoms with Crippen molar-refractivity contribution in [3.05, 3.63) is 35.5 Å². The molecule has 1 aliphatic heterocycles. The summed E-state index contributed by atoms with van der Waals surface area (Å²) in [6, 6.07) is 9.93. The highest BCUT2D eigenvalue weighted by molar-refractivity contribution is 5.90. The van der Waals surface area contributed by atoms with Crippen LogP contribution in [0.5, 0.6) is 0 Å². The summed E-state index contributed by atoms with van der Waals surface area (Å²) >= 11 is 0. The first-order valence-corrected chi connectivity index (χ1v) is 11.8. The van der Waals surface area contributed by atoms with Crippen LogP contribution in [-0.2, 0) is 33.9 Å². The fraction of sp³-hybridized carbons (Fsp3) is 0.520. The maximum atomic E-state index is 13.6. The van der Waals surface area contributed by atoms with Crippen molar-refractivity contribution >= 4 is 28.7 Å². The monoisotopic (exact) mass is 448 g/mol. The molecule has 5 rings (SSSR count). The van der Waals surface area contributed by atoms with Gasteiger partial charge in [0.2, 0.25) is 11.8 Å². The van der Waals surface area contributed by atoms with E-state index in [9.17, 15) is 24.8 Å². The number of hydrogen-bond acceptors (Lipinski definition) is 4. The van der Waals surface area contributed by atoms with Gasteiger partial charge in [0, 0.05) is 53.5 Å². The van der Waals surface area contributed by atoms with Crippen LogP contribution in [0.25, 0.3) is 10.9 Å². The highest BCUT2D eigenvalue weighted by atomic mass is 16.4. The van der Waals surface area contributed by atoms with Crippen molar-refractivity contribution in [2.75, 3.05) is 6.54 Å². The average molecular weight is 449 g/mol. The van der Waals surface area contributed by atoms with Gasteiger partial charge in [0.05, 0.1) is 6.07 Å². The zero-order valence-corrected chi connectivity index (χ0v) is 18.5. The number of carbonyl (C=O) groups excluding carboxylic acids is 2. The molecular formula is C25H28N4O4. The molecule has 8 nitrogen and oxygen atoms in total. The van der Waals surface area contributed by atoms with Gasteiger partial charge in [-0.3, -0.25) is 14.4 Å². The lowest BCUT2D eigenvalue weighted by molar-refractivity contribution is -0.144. The summed E-state index contributed by atoms with van der Waals surface area (Å²) in [5.41, 5.74) is 2.13. The maximum absolute atomic E-state index is 13.6. The number of para-hydroxylation sites is 1. The Morgan fingerprint density at radius 3 is 2.58 bits per heavy atom. The zero-order valence-electron chi connectivity index (χ0n) is 18.5. The molecule has 8 heteroatoms. The van der Waals surface area contributed by atoms with Crippen molar-refractivity contribution < 1.29 is 19.5 Å². The predicted molar refractivity (Wildman–Crippen MR) is 120 cm³/mol. The molecule has 2 amide bonds. The van der Waals surface area contributed by atoms with E-state index < -0.39 is 17.4 Å². The smallest absolute Gasteiger partial charge is 0.323 e. The molecule has 3 aliphatic rings. The Balaban J connectivity index is 1.39. The van der Waals surface area contributed by atoms with Crippen molar-refractivity contribution in [1.29, 1.82) is 5.26 Å². The second-order valence-electron chi connectivity index (χ2n) is 9.61.